The highest BCUT2D eigenvalue weighted by Crippen LogP contribution is 2.27. The summed E-state index contributed by atoms with van der Waals surface area (Å²) in [5.41, 5.74) is 8.60. The number of nitrogens with one attached hydrogen (secondary N) is 1. The molecule has 1 aromatic heterocycles. The van der Waals surface area contributed by atoms with E-state index in [2.05, 4.69) is 27.4 Å². The highest BCUT2D eigenvalue weighted by Gasteiger charge is 2.13. The Morgan fingerprint density at radius 1 is 1.04 bits per heavy atom. The Labute approximate surface area is 147 Å². The van der Waals surface area contributed by atoms with E-state index < -0.39 is 0 Å². The predicted octanol–water partition coefficient (Wildman–Crippen LogP) is 3.46. The molecule has 1 atom stereocenters. The smallest absolute Gasteiger partial charge is 0.220 e. The van der Waals surface area contributed by atoms with Crippen molar-refractivity contribution in [3.05, 3.63) is 72.4 Å². The molecule has 3 rings (SSSR count). The minimum Gasteiger partial charge on any atom is -0.486 e. The van der Waals surface area contributed by atoms with Crippen LogP contribution in [-0.4, -0.2) is 23.6 Å². The first-order valence-electron chi connectivity index (χ1n) is 8.31. The fourth-order valence-corrected chi connectivity index (χ4v) is 2.64. The van der Waals surface area contributed by atoms with E-state index >= 15 is 0 Å². The Morgan fingerprint density at radius 3 is 2.48 bits per heavy atom. The van der Waals surface area contributed by atoms with Crippen LogP contribution in [0.1, 0.15) is 18.1 Å². The number of nitrogen functional groups attached to an aromatic ring is 1. The maximum atomic E-state index is 6.22. The van der Waals surface area contributed by atoms with Gasteiger partial charge in [-0.2, -0.15) is 0 Å². The van der Waals surface area contributed by atoms with Crippen LogP contribution in [0.4, 0.5) is 5.95 Å². The largest absolute Gasteiger partial charge is 0.486 e. The molecule has 2 aromatic carbocycles. The van der Waals surface area contributed by atoms with Gasteiger partial charge in [0, 0.05) is 18.2 Å². The molecular formula is C20H22N4O. The van der Waals surface area contributed by atoms with Gasteiger partial charge in [-0.25, -0.2) is 9.97 Å². The van der Waals surface area contributed by atoms with E-state index in [0.717, 1.165) is 30.0 Å². The molecule has 0 aliphatic heterocycles. The normalized spacial score (nSPS) is 11.9. The highest BCUT2D eigenvalue weighted by atomic mass is 16.5. The molecule has 3 N–H and O–H groups in total. The van der Waals surface area contributed by atoms with Crippen molar-refractivity contribution in [3.8, 4) is 17.0 Å². The number of nitrogens with two attached hydrogens (primary N) is 1. The van der Waals surface area contributed by atoms with Crippen LogP contribution in [0.2, 0.25) is 0 Å². The average molecular weight is 334 g/mol. The van der Waals surface area contributed by atoms with E-state index in [0.29, 0.717) is 0 Å². The molecule has 1 heterocycles. The Balaban J connectivity index is 1.76. The lowest BCUT2D eigenvalue weighted by molar-refractivity contribution is 0.195. The summed E-state index contributed by atoms with van der Waals surface area (Å²) in [5.74, 6) is 1.10. The SMILES string of the molecule is CNCC[C@@H](Oc1ccc(-c2ccnc(N)n2)cc1)c1ccccc1. The molecule has 0 aliphatic rings. The average Bonchev–Trinajstić information content (AvgIpc) is 2.66. The van der Waals surface area contributed by atoms with Gasteiger partial charge >= 0.3 is 0 Å². The quantitative estimate of drug-likeness (QED) is 0.692. The first-order chi connectivity index (χ1) is 12.3. The summed E-state index contributed by atoms with van der Waals surface area (Å²) in [4.78, 5) is 8.16. The van der Waals surface area contributed by atoms with Gasteiger partial charge in [0.2, 0.25) is 5.95 Å². The summed E-state index contributed by atoms with van der Waals surface area (Å²) in [7, 11) is 1.95. The number of anilines is 1. The molecule has 3 aromatic rings. The van der Waals surface area contributed by atoms with Crippen LogP contribution in [-0.2, 0) is 0 Å². The first-order valence-corrected chi connectivity index (χ1v) is 8.31. The zero-order valence-electron chi connectivity index (χ0n) is 14.2. The molecule has 0 saturated carbocycles. The molecular weight excluding hydrogens is 312 g/mol. The van der Waals surface area contributed by atoms with Crippen molar-refractivity contribution < 1.29 is 4.74 Å². The molecule has 0 spiro atoms. The molecule has 25 heavy (non-hydrogen) atoms. The zero-order chi connectivity index (χ0) is 17.5. The zero-order valence-corrected chi connectivity index (χ0v) is 14.2. The fourth-order valence-electron chi connectivity index (χ4n) is 2.64. The highest BCUT2D eigenvalue weighted by molar-refractivity contribution is 5.60. The third-order valence-corrected chi connectivity index (χ3v) is 3.93. The Hall–Kier alpha value is -2.92. The van der Waals surface area contributed by atoms with Crippen LogP contribution >= 0.6 is 0 Å². The number of rotatable bonds is 7. The van der Waals surface area contributed by atoms with Gasteiger partial charge in [-0.1, -0.05) is 30.3 Å². The first kappa shape index (κ1) is 16.9. The molecule has 0 saturated heterocycles. The maximum Gasteiger partial charge on any atom is 0.220 e. The van der Waals surface area contributed by atoms with Crippen molar-refractivity contribution in [2.24, 2.45) is 0 Å². The van der Waals surface area contributed by atoms with Gasteiger partial charge in [-0.05, 0) is 49.5 Å². The van der Waals surface area contributed by atoms with E-state index in [4.69, 9.17) is 10.5 Å². The Morgan fingerprint density at radius 2 is 1.80 bits per heavy atom. The molecule has 0 bridgehead atoms. The Bertz CT molecular complexity index is 790. The lowest BCUT2D eigenvalue weighted by atomic mass is 10.1. The molecule has 0 fully saturated rings. The molecule has 0 amide bonds. The summed E-state index contributed by atoms with van der Waals surface area (Å²) in [6.07, 6.45) is 2.56. The van der Waals surface area contributed by atoms with Crippen LogP contribution in [0.25, 0.3) is 11.3 Å². The lowest BCUT2D eigenvalue weighted by Gasteiger charge is -2.20. The minimum absolute atomic E-state index is 0.00851. The van der Waals surface area contributed by atoms with Gasteiger partial charge < -0.3 is 15.8 Å². The van der Waals surface area contributed by atoms with Crippen molar-refractivity contribution in [3.63, 3.8) is 0 Å². The van der Waals surface area contributed by atoms with Crippen molar-refractivity contribution >= 4 is 5.95 Å². The van der Waals surface area contributed by atoms with Crippen LogP contribution in [0.3, 0.4) is 0 Å². The molecule has 5 heteroatoms. The van der Waals surface area contributed by atoms with Crippen molar-refractivity contribution in [1.82, 2.24) is 15.3 Å². The van der Waals surface area contributed by atoms with Crippen LogP contribution in [0.15, 0.2) is 66.9 Å². The van der Waals surface area contributed by atoms with Crippen molar-refractivity contribution in [1.29, 1.82) is 0 Å². The van der Waals surface area contributed by atoms with E-state index in [-0.39, 0.29) is 12.1 Å². The summed E-state index contributed by atoms with van der Waals surface area (Å²) in [6.45, 7) is 0.887. The van der Waals surface area contributed by atoms with Gasteiger partial charge in [0.05, 0.1) is 5.69 Å². The Kier molecular flexibility index (Phi) is 5.59. The van der Waals surface area contributed by atoms with Crippen molar-refractivity contribution in [2.45, 2.75) is 12.5 Å². The molecule has 0 aliphatic carbocycles. The number of ether oxygens (including phenoxy) is 1. The van der Waals surface area contributed by atoms with E-state index in [9.17, 15) is 0 Å². The second-order valence-corrected chi connectivity index (χ2v) is 5.73. The van der Waals surface area contributed by atoms with Crippen LogP contribution in [0.5, 0.6) is 5.75 Å². The van der Waals surface area contributed by atoms with Gasteiger partial charge in [0.15, 0.2) is 0 Å². The number of aromatic nitrogens is 2. The molecule has 5 nitrogen and oxygen atoms in total. The molecule has 0 radical (unpaired) electrons. The number of hydrogen-bond acceptors (Lipinski definition) is 5. The fraction of sp³-hybridized carbons (Fsp3) is 0.200. The van der Waals surface area contributed by atoms with E-state index in [1.165, 1.54) is 5.56 Å². The van der Waals surface area contributed by atoms with Crippen molar-refractivity contribution in [2.75, 3.05) is 19.3 Å². The monoisotopic (exact) mass is 334 g/mol. The van der Waals surface area contributed by atoms with Gasteiger partial charge in [0.25, 0.3) is 0 Å². The standard InChI is InChI=1S/C20H22N4O/c1-22-13-12-19(16-5-3-2-4-6-16)25-17-9-7-15(8-10-17)18-11-14-23-20(21)24-18/h2-11,14,19,22H,12-13H2,1H3,(H2,21,23,24)/t19-/m1/s1. The van der Waals surface area contributed by atoms with Crippen LogP contribution in [0, 0.1) is 0 Å². The predicted molar refractivity (Wildman–Crippen MR) is 100 cm³/mol. The number of benzene rings is 2. The second-order valence-electron chi connectivity index (χ2n) is 5.73. The van der Waals surface area contributed by atoms with Crippen LogP contribution < -0.4 is 15.8 Å². The van der Waals surface area contributed by atoms with E-state index in [1.807, 2.05) is 55.6 Å². The molecule has 0 unspecified atom stereocenters. The van der Waals surface area contributed by atoms with Gasteiger partial charge in [-0.15, -0.1) is 0 Å². The third kappa shape index (κ3) is 4.55. The van der Waals surface area contributed by atoms with Gasteiger partial charge in [-0.3, -0.25) is 0 Å². The third-order valence-electron chi connectivity index (χ3n) is 3.93. The maximum absolute atomic E-state index is 6.22. The van der Waals surface area contributed by atoms with Gasteiger partial charge in [0.1, 0.15) is 11.9 Å². The summed E-state index contributed by atoms with van der Waals surface area (Å²) >= 11 is 0. The van der Waals surface area contributed by atoms with E-state index in [1.54, 1.807) is 6.20 Å². The topological polar surface area (TPSA) is 73.1 Å². The number of hydrogen-bond donors (Lipinski definition) is 2. The minimum atomic E-state index is 0.00851. The summed E-state index contributed by atoms with van der Waals surface area (Å²) < 4.78 is 6.22. The summed E-state index contributed by atoms with van der Waals surface area (Å²) in [5, 5.41) is 3.18. The number of nitrogens with zero attached hydrogens (tertiary/aromatic N) is 2. The second kappa shape index (κ2) is 8.26. The summed E-state index contributed by atoms with van der Waals surface area (Å²) in [6, 6.07) is 20.0. The molecule has 128 valence electrons. The lowest BCUT2D eigenvalue weighted by Crippen LogP contribution is -2.16.